The molecule has 9 rings (SSSR count). The number of nitrogens with two attached hydrogens (primary N) is 2. The lowest BCUT2D eigenvalue weighted by Crippen LogP contribution is -2.46. The van der Waals surface area contributed by atoms with E-state index in [-0.39, 0.29) is 0 Å². The van der Waals surface area contributed by atoms with E-state index in [0.29, 0.717) is 17.1 Å². The number of fused-ring (bicyclic) bond motifs is 1. The minimum atomic E-state index is 0.528. The Kier molecular flexibility index (Phi) is 12.8. The summed E-state index contributed by atoms with van der Waals surface area (Å²) >= 11 is 12.1. The molecule has 7 aromatic rings. The Morgan fingerprint density at radius 3 is 1.53 bits per heavy atom. The van der Waals surface area contributed by atoms with Gasteiger partial charge in [-0.2, -0.15) is 5.26 Å². The van der Waals surface area contributed by atoms with Gasteiger partial charge in [0.1, 0.15) is 18.2 Å². The van der Waals surface area contributed by atoms with Crippen LogP contribution in [0, 0.1) is 11.3 Å². The second-order valence-electron chi connectivity index (χ2n) is 15.2. The molecule has 4 N–H and O–H groups in total. The number of nitrogens with zero attached hydrogens (tertiary/aromatic N) is 7. The summed E-state index contributed by atoms with van der Waals surface area (Å²) in [5.74, 6) is 0.528. The van der Waals surface area contributed by atoms with Gasteiger partial charge in [0.15, 0.2) is 0 Å². The molecule has 3 heterocycles. The van der Waals surface area contributed by atoms with Crippen LogP contribution in [-0.4, -0.2) is 72.1 Å². The lowest BCUT2D eigenvalue weighted by molar-refractivity contribution is 0.250. The van der Waals surface area contributed by atoms with Crippen molar-refractivity contribution in [2.75, 3.05) is 73.6 Å². The van der Waals surface area contributed by atoms with Crippen LogP contribution in [0.1, 0.15) is 16.7 Å². The third-order valence-corrected chi connectivity index (χ3v) is 11.9. The highest BCUT2D eigenvalue weighted by Gasteiger charge is 2.21. The van der Waals surface area contributed by atoms with Crippen LogP contribution in [0.25, 0.3) is 33.2 Å². The first-order chi connectivity index (χ1) is 29.3. The summed E-state index contributed by atoms with van der Waals surface area (Å²) in [6.45, 7) is 9.69. The van der Waals surface area contributed by atoms with Crippen LogP contribution >= 0.6 is 23.2 Å². The van der Waals surface area contributed by atoms with Gasteiger partial charge in [-0.05, 0) is 94.0 Å². The molecule has 302 valence electrons. The number of aromatic nitrogens is 2. The lowest BCUT2D eigenvalue weighted by Gasteiger charge is -2.36. The third kappa shape index (κ3) is 9.65. The van der Waals surface area contributed by atoms with E-state index >= 15 is 0 Å². The average Bonchev–Trinajstić information content (AvgIpc) is 3.28. The maximum Gasteiger partial charge on any atom is 0.134 e. The number of rotatable bonds is 8. The number of nitrogen functional groups attached to an aromatic ring is 2. The zero-order valence-electron chi connectivity index (χ0n) is 33.4. The largest absolute Gasteiger partial charge is 0.398 e. The summed E-state index contributed by atoms with van der Waals surface area (Å²) in [6, 6.07) is 47.4. The first-order valence-electron chi connectivity index (χ1n) is 20.2. The molecule has 0 amide bonds. The standard InChI is InChI=1S/C25H24ClN5.C24H23ClN4/c26-20-7-5-18(6-8-20)22-4-2-1-3-19(22)16-30-11-13-31(14-12-30)21-9-10-23-24(15-21)28-17-29-25(23)27;25-21-8-5-18(6-9-21)23-4-2-1-3-20(23)17-28-11-13-29(14-12-28)22-10-7-19(16-26)24(27)15-22/h1-10,15,17H,11-14,16H2,(H2,27,28,29);1-10,15H,11-14,17,27H2. The zero-order valence-corrected chi connectivity index (χ0v) is 34.9. The van der Waals surface area contributed by atoms with Gasteiger partial charge in [0.05, 0.1) is 16.8 Å². The molecule has 1 aromatic heterocycles. The van der Waals surface area contributed by atoms with Gasteiger partial charge in [-0.15, -0.1) is 0 Å². The summed E-state index contributed by atoms with van der Waals surface area (Å²) in [5.41, 5.74) is 23.8. The van der Waals surface area contributed by atoms with E-state index in [4.69, 9.17) is 39.9 Å². The van der Waals surface area contributed by atoms with Crippen LogP contribution in [0.15, 0.2) is 140 Å². The Labute approximate surface area is 362 Å². The molecule has 2 aliphatic heterocycles. The van der Waals surface area contributed by atoms with E-state index in [9.17, 15) is 0 Å². The monoisotopic (exact) mass is 831 g/mol. The SMILES string of the molecule is N#Cc1ccc(N2CCN(Cc3ccccc3-c3ccc(Cl)cc3)CC2)cc1N.Nc1ncnc2cc(N3CCN(Cc4ccccc4-c4ccc(Cl)cc4)CC3)ccc12. The smallest absolute Gasteiger partial charge is 0.134 e. The Hall–Kier alpha value is -6.15. The highest BCUT2D eigenvalue weighted by Crippen LogP contribution is 2.30. The Morgan fingerprint density at radius 2 is 1.03 bits per heavy atom. The zero-order chi connectivity index (χ0) is 41.4. The highest BCUT2D eigenvalue weighted by molar-refractivity contribution is 6.31. The van der Waals surface area contributed by atoms with Gasteiger partial charge in [0, 0.05) is 92.3 Å². The fourth-order valence-electron chi connectivity index (χ4n) is 8.06. The van der Waals surface area contributed by atoms with Crippen molar-refractivity contribution >= 4 is 57.0 Å². The molecular formula is C49H47Cl2N9. The Morgan fingerprint density at radius 1 is 0.550 bits per heavy atom. The van der Waals surface area contributed by atoms with Crippen LogP contribution in [-0.2, 0) is 13.1 Å². The van der Waals surface area contributed by atoms with Gasteiger partial charge in [-0.25, -0.2) is 9.97 Å². The van der Waals surface area contributed by atoms with Gasteiger partial charge in [-0.1, -0.05) is 96.0 Å². The molecule has 6 aromatic carbocycles. The van der Waals surface area contributed by atoms with Crippen molar-refractivity contribution in [3.63, 3.8) is 0 Å². The summed E-state index contributed by atoms with van der Waals surface area (Å²) in [4.78, 5) is 18.2. The number of anilines is 4. The molecule has 0 spiro atoms. The molecular weight excluding hydrogens is 786 g/mol. The Balaban J connectivity index is 0.000000167. The molecule has 0 aliphatic carbocycles. The second-order valence-corrected chi connectivity index (χ2v) is 16.1. The quantitative estimate of drug-likeness (QED) is 0.145. The number of benzene rings is 6. The van der Waals surface area contributed by atoms with E-state index in [1.54, 1.807) is 6.07 Å². The van der Waals surface area contributed by atoms with E-state index in [2.05, 4.69) is 121 Å². The minimum Gasteiger partial charge on any atom is -0.398 e. The topological polar surface area (TPSA) is 115 Å². The van der Waals surface area contributed by atoms with Crippen molar-refractivity contribution in [3.8, 4) is 28.3 Å². The van der Waals surface area contributed by atoms with Gasteiger partial charge >= 0.3 is 0 Å². The molecule has 60 heavy (non-hydrogen) atoms. The van der Waals surface area contributed by atoms with Crippen molar-refractivity contribution in [1.29, 1.82) is 5.26 Å². The predicted octanol–water partition coefficient (Wildman–Crippen LogP) is 9.64. The van der Waals surface area contributed by atoms with Crippen molar-refractivity contribution in [1.82, 2.24) is 19.8 Å². The molecule has 0 atom stereocenters. The number of nitriles is 1. The fourth-order valence-corrected chi connectivity index (χ4v) is 8.31. The highest BCUT2D eigenvalue weighted by atomic mass is 35.5. The van der Waals surface area contributed by atoms with Crippen LogP contribution in [0.3, 0.4) is 0 Å². The van der Waals surface area contributed by atoms with Crippen LogP contribution in [0.2, 0.25) is 10.0 Å². The molecule has 11 heteroatoms. The lowest BCUT2D eigenvalue weighted by atomic mass is 9.99. The molecule has 9 nitrogen and oxygen atoms in total. The van der Waals surface area contributed by atoms with Crippen molar-refractivity contribution in [3.05, 3.63) is 167 Å². The number of halogens is 2. The van der Waals surface area contributed by atoms with Gasteiger partial charge in [-0.3, -0.25) is 9.80 Å². The maximum atomic E-state index is 9.06. The summed E-state index contributed by atoms with van der Waals surface area (Å²) in [7, 11) is 0. The summed E-state index contributed by atoms with van der Waals surface area (Å²) < 4.78 is 0. The van der Waals surface area contributed by atoms with E-state index < -0.39 is 0 Å². The first-order valence-corrected chi connectivity index (χ1v) is 21.0. The number of piperazine rings is 2. The molecule has 0 saturated carbocycles. The van der Waals surface area contributed by atoms with Crippen LogP contribution in [0.5, 0.6) is 0 Å². The first kappa shape index (κ1) is 40.6. The van der Waals surface area contributed by atoms with Crippen LogP contribution in [0.4, 0.5) is 22.9 Å². The second kappa shape index (κ2) is 18.8. The minimum absolute atomic E-state index is 0.528. The summed E-state index contributed by atoms with van der Waals surface area (Å²) in [6.07, 6.45) is 1.53. The molecule has 0 unspecified atom stereocenters. The van der Waals surface area contributed by atoms with Gasteiger partial charge in [0.2, 0.25) is 0 Å². The maximum absolute atomic E-state index is 9.06. The van der Waals surface area contributed by atoms with Gasteiger partial charge in [0.25, 0.3) is 0 Å². The number of hydrogen-bond donors (Lipinski definition) is 2. The van der Waals surface area contributed by atoms with Crippen molar-refractivity contribution in [2.24, 2.45) is 0 Å². The summed E-state index contributed by atoms with van der Waals surface area (Å²) in [5, 5.41) is 11.5. The molecule has 0 radical (unpaired) electrons. The molecule has 2 aliphatic rings. The Bertz CT molecular complexity index is 2590. The molecule has 2 saturated heterocycles. The van der Waals surface area contributed by atoms with E-state index in [0.717, 1.165) is 92.1 Å². The number of hydrogen-bond acceptors (Lipinski definition) is 9. The van der Waals surface area contributed by atoms with Crippen molar-refractivity contribution in [2.45, 2.75) is 13.1 Å². The van der Waals surface area contributed by atoms with E-state index in [1.807, 2.05) is 42.5 Å². The third-order valence-electron chi connectivity index (χ3n) is 11.4. The molecule has 0 bridgehead atoms. The van der Waals surface area contributed by atoms with E-state index in [1.165, 1.54) is 45.4 Å². The molecule has 2 fully saturated rings. The van der Waals surface area contributed by atoms with Gasteiger partial charge < -0.3 is 21.3 Å². The fraction of sp³-hybridized carbons (Fsp3) is 0.204. The average molecular weight is 833 g/mol. The predicted molar refractivity (Wildman–Crippen MR) is 248 cm³/mol. The van der Waals surface area contributed by atoms with Crippen LogP contribution < -0.4 is 21.3 Å². The van der Waals surface area contributed by atoms with Crippen molar-refractivity contribution < 1.29 is 0 Å². The normalized spacial score (nSPS) is 14.7.